The summed E-state index contributed by atoms with van der Waals surface area (Å²) < 4.78 is 7.61. The van der Waals surface area contributed by atoms with Crippen LogP contribution < -0.4 is 4.74 Å². The SMILES string of the molecule is CCc1ccc2c3ccc(OC)cc3n(C)c2c1C. The van der Waals surface area contributed by atoms with Gasteiger partial charge in [-0.25, -0.2) is 0 Å². The van der Waals surface area contributed by atoms with Gasteiger partial charge in [0, 0.05) is 23.9 Å². The molecule has 0 spiro atoms. The molecule has 0 atom stereocenters. The van der Waals surface area contributed by atoms with E-state index in [4.69, 9.17) is 4.74 Å². The molecule has 0 aliphatic carbocycles. The van der Waals surface area contributed by atoms with Crippen LogP contribution in [-0.2, 0) is 13.5 Å². The minimum absolute atomic E-state index is 0.909. The second-order valence-electron chi connectivity index (χ2n) is 5.04. The highest BCUT2D eigenvalue weighted by Gasteiger charge is 2.12. The summed E-state index contributed by atoms with van der Waals surface area (Å²) in [5, 5.41) is 2.62. The Morgan fingerprint density at radius 1 is 1.11 bits per heavy atom. The van der Waals surface area contributed by atoms with E-state index in [-0.39, 0.29) is 0 Å². The maximum absolute atomic E-state index is 5.34. The summed E-state index contributed by atoms with van der Waals surface area (Å²) in [5.74, 6) is 0.909. The van der Waals surface area contributed by atoms with Crippen LogP contribution in [-0.4, -0.2) is 11.7 Å². The first kappa shape index (κ1) is 12.1. The molecule has 0 saturated heterocycles. The van der Waals surface area contributed by atoms with E-state index in [1.807, 2.05) is 6.07 Å². The van der Waals surface area contributed by atoms with E-state index in [9.17, 15) is 0 Å². The van der Waals surface area contributed by atoms with Crippen LogP contribution in [0.2, 0.25) is 0 Å². The van der Waals surface area contributed by atoms with Gasteiger partial charge in [-0.15, -0.1) is 0 Å². The Morgan fingerprint density at radius 3 is 2.53 bits per heavy atom. The standard InChI is InChI=1S/C17H19NO/c1-5-12-6-8-15-14-9-7-13(19-4)10-16(14)18(3)17(15)11(12)2/h6-10H,5H2,1-4H3. The molecule has 0 bridgehead atoms. The molecule has 0 amide bonds. The number of methoxy groups -OCH3 is 1. The fourth-order valence-corrected chi connectivity index (χ4v) is 3.04. The van der Waals surface area contributed by atoms with Gasteiger partial charge in [0.05, 0.1) is 18.1 Å². The van der Waals surface area contributed by atoms with Gasteiger partial charge in [-0.1, -0.05) is 19.1 Å². The van der Waals surface area contributed by atoms with Gasteiger partial charge >= 0.3 is 0 Å². The van der Waals surface area contributed by atoms with Crippen molar-refractivity contribution in [2.75, 3.05) is 7.11 Å². The van der Waals surface area contributed by atoms with Crippen LogP contribution in [0.4, 0.5) is 0 Å². The second-order valence-corrected chi connectivity index (χ2v) is 5.04. The van der Waals surface area contributed by atoms with Gasteiger partial charge in [0.15, 0.2) is 0 Å². The van der Waals surface area contributed by atoms with Crippen molar-refractivity contribution in [3.8, 4) is 5.75 Å². The summed E-state index contributed by atoms with van der Waals surface area (Å²) in [5.41, 5.74) is 5.37. The molecule has 0 radical (unpaired) electrons. The van der Waals surface area contributed by atoms with E-state index in [1.54, 1.807) is 7.11 Å². The number of hydrogen-bond donors (Lipinski definition) is 0. The lowest BCUT2D eigenvalue weighted by molar-refractivity contribution is 0.415. The molecule has 0 N–H and O–H groups in total. The van der Waals surface area contributed by atoms with Crippen molar-refractivity contribution in [3.63, 3.8) is 0 Å². The zero-order valence-corrected chi connectivity index (χ0v) is 11.9. The molecule has 0 saturated carbocycles. The number of nitrogens with zero attached hydrogens (tertiary/aromatic N) is 1. The van der Waals surface area contributed by atoms with E-state index in [0.29, 0.717) is 0 Å². The third-order valence-electron chi connectivity index (χ3n) is 4.12. The molecule has 19 heavy (non-hydrogen) atoms. The summed E-state index contributed by atoms with van der Waals surface area (Å²) in [6.45, 7) is 4.43. The number of rotatable bonds is 2. The summed E-state index contributed by atoms with van der Waals surface area (Å²) in [6.07, 6.45) is 1.08. The summed E-state index contributed by atoms with van der Waals surface area (Å²) in [7, 11) is 3.85. The van der Waals surface area contributed by atoms with Crippen molar-refractivity contribution in [2.45, 2.75) is 20.3 Å². The Bertz CT molecular complexity index is 768. The molecule has 3 rings (SSSR count). The zero-order chi connectivity index (χ0) is 13.6. The molecule has 0 aliphatic rings. The van der Waals surface area contributed by atoms with Crippen molar-refractivity contribution in [1.82, 2.24) is 4.57 Å². The molecular weight excluding hydrogens is 234 g/mol. The first-order valence-corrected chi connectivity index (χ1v) is 6.72. The molecule has 2 nitrogen and oxygen atoms in total. The molecule has 2 heteroatoms. The average molecular weight is 253 g/mol. The minimum atomic E-state index is 0.909. The molecule has 0 aliphatic heterocycles. The van der Waals surface area contributed by atoms with Crippen LogP contribution in [0.25, 0.3) is 21.8 Å². The van der Waals surface area contributed by atoms with Crippen molar-refractivity contribution in [3.05, 3.63) is 41.5 Å². The predicted octanol–water partition coefficient (Wildman–Crippen LogP) is 4.21. The predicted molar refractivity (Wildman–Crippen MR) is 81.1 cm³/mol. The third-order valence-corrected chi connectivity index (χ3v) is 4.12. The molecular formula is C17H19NO. The number of fused-ring (bicyclic) bond motifs is 3. The van der Waals surface area contributed by atoms with Gasteiger partial charge in [0.1, 0.15) is 5.75 Å². The van der Waals surface area contributed by atoms with Crippen molar-refractivity contribution < 1.29 is 4.74 Å². The van der Waals surface area contributed by atoms with Gasteiger partial charge in [-0.2, -0.15) is 0 Å². The number of aromatic nitrogens is 1. The smallest absolute Gasteiger partial charge is 0.120 e. The van der Waals surface area contributed by atoms with Gasteiger partial charge in [0.2, 0.25) is 0 Å². The van der Waals surface area contributed by atoms with Crippen LogP contribution >= 0.6 is 0 Å². The van der Waals surface area contributed by atoms with Crippen LogP contribution in [0, 0.1) is 6.92 Å². The number of ether oxygens (including phenoxy) is 1. The molecule has 3 aromatic rings. The lowest BCUT2D eigenvalue weighted by atomic mass is 10.0. The molecule has 0 fully saturated rings. The highest BCUT2D eigenvalue weighted by Crippen LogP contribution is 2.33. The zero-order valence-electron chi connectivity index (χ0n) is 11.9. The number of aryl methyl sites for hydroxylation is 3. The Labute approximate surface area is 113 Å². The Hall–Kier alpha value is -1.96. The number of hydrogen-bond acceptors (Lipinski definition) is 1. The molecule has 2 aromatic carbocycles. The first-order chi connectivity index (χ1) is 9.17. The van der Waals surface area contributed by atoms with Crippen LogP contribution in [0.1, 0.15) is 18.1 Å². The van der Waals surface area contributed by atoms with Gasteiger partial charge in [-0.05, 0) is 36.6 Å². The fraction of sp³-hybridized carbons (Fsp3) is 0.294. The third kappa shape index (κ3) is 1.63. The topological polar surface area (TPSA) is 14.2 Å². The van der Waals surface area contributed by atoms with E-state index < -0.39 is 0 Å². The maximum atomic E-state index is 5.34. The van der Waals surface area contributed by atoms with Crippen molar-refractivity contribution >= 4 is 21.8 Å². The molecule has 0 unspecified atom stereocenters. The quantitative estimate of drug-likeness (QED) is 0.667. The Morgan fingerprint density at radius 2 is 1.84 bits per heavy atom. The van der Waals surface area contributed by atoms with Crippen molar-refractivity contribution in [1.29, 1.82) is 0 Å². The van der Waals surface area contributed by atoms with Gasteiger partial charge in [-0.3, -0.25) is 0 Å². The molecule has 98 valence electrons. The summed E-state index contributed by atoms with van der Waals surface area (Å²) >= 11 is 0. The second kappa shape index (κ2) is 4.30. The lowest BCUT2D eigenvalue weighted by Crippen LogP contribution is -1.93. The van der Waals surface area contributed by atoms with E-state index in [1.165, 1.54) is 32.9 Å². The van der Waals surface area contributed by atoms with Gasteiger partial charge < -0.3 is 9.30 Å². The first-order valence-electron chi connectivity index (χ1n) is 6.72. The van der Waals surface area contributed by atoms with E-state index in [0.717, 1.165) is 12.2 Å². The van der Waals surface area contributed by atoms with Crippen LogP contribution in [0.15, 0.2) is 30.3 Å². The molecule has 1 heterocycles. The average Bonchev–Trinajstić information content (AvgIpc) is 2.73. The van der Waals surface area contributed by atoms with Crippen LogP contribution in [0.3, 0.4) is 0 Å². The fourth-order valence-electron chi connectivity index (χ4n) is 3.04. The monoisotopic (exact) mass is 253 g/mol. The normalized spacial score (nSPS) is 11.4. The van der Waals surface area contributed by atoms with E-state index >= 15 is 0 Å². The summed E-state index contributed by atoms with van der Waals surface area (Å²) in [4.78, 5) is 0. The van der Waals surface area contributed by atoms with Crippen LogP contribution in [0.5, 0.6) is 5.75 Å². The minimum Gasteiger partial charge on any atom is -0.497 e. The largest absolute Gasteiger partial charge is 0.497 e. The Kier molecular flexibility index (Phi) is 2.74. The number of benzene rings is 2. The lowest BCUT2D eigenvalue weighted by Gasteiger charge is -2.07. The van der Waals surface area contributed by atoms with Crippen molar-refractivity contribution in [2.24, 2.45) is 7.05 Å². The van der Waals surface area contributed by atoms with E-state index in [2.05, 4.69) is 49.7 Å². The summed E-state index contributed by atoms with van der Waals surface area (Å²) in [6, 6.07) is 10.8. The molecule has 1 aromatic heterocycles. The Balaban J connectivity index is 2.47. The maximum Gasteiger partial charge on any atom is 0.120 e. The van der Waals surface area contributed by atoms with Gasteiger partial charge in [0.25, 0.3) is 0 Å². The highest BCUT2D eigenvalue weighted by atomic mass is 16.5. The highest BCUT2D eigenvalue weighted by molar-refractivity contribution is 6.09.